The minimum atomic E-state index is -0.973. The van der Waals surface area contributed by atoms with Crippen LogP contribution in [0, 0.1) is 0 Å². The number of aliphatic carboxylic acids is 1. The van der Waals surface area contributed by atoms with Crippen LogP contribution in [0.4, 0.5) is 0 Å². The lowest BCUT2D eigenvalue weighted by atomic mass is 10.1. The molecule has 2 atom stereocenters. The molecule has 0 saturated heterocycles. The Balaban J connectivity index is 2.39. The average molecular weight is 280 g/mol. The van der Waals surface area contributed by atoms with Crippen molar-refractivity contribution in [2.75, 3.05) is 13.7 Å². The van der Waals surface area contributed by atoms with Crippen LogP contribution < -0.4 is 11.1 Å². The smallest absolute Gasteiger partial charge is 0.306 e. The number of benzene rings is 1. The van der Waals surface area contributed by atoms with E-state index >= 15 is 0 Å². The van der Waals surface area contributed by atoms with Gasteiger partial charge in [0.15, 0.2) is 0 Å². The first-order chi connectivity index (χ1) is 9.52. The number of amides is 1. The fraction of sp³-hybridized carbons (Fsp3) is 0.429. The first-order valence-electron chi connectivity index (χ1n) is 6.34. The highest BCUT2D eigenvalue weighted by Crippen LogP contribution is 2.02. The molecule has 20 heavy (non-hydrogen) atoms. The van der Waals surface area contributed by atoms with Crippen LogP contribution in [-0.2, 0) is 20.7 Å². The third kappa shape index (κ3) is 5.81. The van der Waals surface area contributed by atoms with E-state index in [0.29, 0.717) is 6.42 Å². The second kappa shape index (κ2) is 8.29. The minimum Gasteiger partial charge on any atom is -0.481 e. The quantitative estimate of drug-likeness (QED) is 0.629. The standard InChI is InChI=1S/C14H20N2O4/c1-20-11(8-13(17)18)9-16-14(19)12(15)7-10-5-3-2-4-6-10/h2-6,11-12H,7-9,15H2,1H3,(H,16,19)(H,17,18)/t11?,12-/m0/s1. The molecule has 110 valence electrons. The molecule has 0 heterocycles. The van der Waals surface area contributed by atoms with Gasteiger partial charge in [-0.25, -0.2) is 0 Å². The van der Waals surface area contributed by atoms with Crippen LogP contribution in [0.5, 0.6) is 0 Å². The van der Waals surface area contributed by atoms with Crippen LogP contribution >= 0.6 is 0 Å². The first kappa shape index (κ1) is 16.1. The molecule has 0 aliphatic rings. The van der Waals surface area contributed by atoms with E-state index < -0.39 is 18.1 Å². The molecule has 0 radical (unpaired) electrons. The highest BCUT2D eigenvalue weighted by atomic mass is 16.5. The third-order valence-electron chi connectivity index (χ3n) is 2.87. The number of carboxylic acids is 1. The van der Waals surface area contributed by atoms with E-state index in [0.717, 1.165) is 5.56 Å². The molecule has 6 heteroatoms. The molecule has 1 rings (SSSR count). The van der Waals surface area contributed by atoms with Crippen molar-refractivity contribution in [2.45, 2.75) is 25.0 Å². The topological polar surface area (TPSA) is 102 Å². The normalized spacial score (nSPS) is 13.5. The molecule has 0 aliphatic heterocycles. The summed E-state index contributed by atoms with van der Waals surface area (Å²) in [5.41, 5.74) is 6.78. The van der Waals surface area contributed by atoms with E-state index in [1.807, 2.05) is 30.3 Å². The molecule has 4 N–H and O–H groups in total. The van der Waals surface area contributed by atoms with Gasteiger partial charge in [0.1, 0.15) is 0 Å². The van der Waals surface area contributed by atoms with Crippen LogP contribution in [0.1, 0.15) is 12.0 Å². The maximum Gasteiger partial charge on any atom is 0.306 e. The lowest BCUT2D eigenvalue weighted by Crippen LogP contribution is -2.45. The van der Waals surface area contributed by atoms with Gasteiger partial charge in [0.05, 0.1) is 18.6 Å². The molecule has 6 nitrogen and oxygen atoms in total. The van der Waals surface area contributed by atoms with E-state index in [1.54, 1.807) is 0 Å². The van der Waals surface area contributed by atoms with Crippen molar-refractivity contribution in [3.63, 3.8) is 0 Å². The maximum atomic E-state index is 11.8. The van der Waals surface area contributed by atoms with E-state index in [2.05, 4.69) is 5.32 Å². The Morgan fingerprint density at radius 1 is 1.35 bits per heavy atom. The SMILES string of the molecule is COC(CNC(=O)[C@@H](N)Cc1ccccc1)CC(=O)O. The number of rotatable bonds is 8. The number of hydrogen-bond acceptors (Lipinski definition) is 4. The van der Waals surface area contributed by atoms with Gasteiger partial charge in [0.25, 0.3) is 0 Å². The van der Waals surface area contributed by atoms with Gasteiger partial charge in [-0.05, 0) is 12.0 Å². The summed E-state index contributed by atoms with van der Waals surface area (Å²) < 4.78 is 4.97. The van der Waals surface area contributed by atoms with Gasteiger partial charge in [0, 0.05) is 13.7 Å². The highest BCUT2D eigenvalue weighted by molar-refractivity contribution is 5.81. The largest absolute Gasteiger partial charge is 0.481 e. The van der Waals surface area contributed by atoms with Gasteiger partial charge in [-0.1, -0.05) is 30.3 Å². The summed E-state index contributed by atoms with van der Waals surface area (Å²) in [5, 5.41) is 11.3. The number of ether oxygens (including phenoxy) is 1. The Kier molecular flexibility index (Phi) is 6.69. The monoisotopic (exact) mass is 280 g/mol. The molecule has 0 aliphatic carbocycles. The molecule has 0 fully saturated rings. The van der Waals surface area contributed by atoms with Crippen LogP contribution in [0.2, 0.25) is 0 Å². The predicted octanol–water partition coefficient (Wildman–Crippen LogP) is 0.162. The number of carbonyl (C=O) groups is 2. The Hall–Kier alpha value is -1.92. The molecule has 0 spiro atoms. The zero-order valence-corrected chi connectivity index (χ0v) is 11.4. The Morgan fingerprint density at radius 2 is 2.00 bits per heavy atom. The van der Waals surface area contributed by atoms with Crippen molar-refractivity contribution in [2.24, 2.45) is 5.73 Å². The summed E-state index contributed by atoms with van der Waals surface area (Å²) in [6, 6.07) is 8.79. The second-order valence-corrected chi connectivity index (χ2v) is 4.50. The third-order valence-corrected chi connectivity index (χ3v) is 2.87. The van der Waals surface area contributed by atoms with Crippen LogP contribution in [-0.4, -0.2) is 42.8 Å². The Morgan fingerprint density at radius 3 is 2.55 bits per heavy atom. The van der Waals surface area contributed by atoms with Crippen LogP contribution in [0.25, 0.3) is 0 Å². The molecule has 0 bridgehead atoms. The fourth-order valence-electron chi connectivity index (χ4n) is 1.74. The zero-order chi connectivity index (χ0) is 15.0. The summed E-state index contributed by atoms with van der Waals surface area (Å²) in [7, 11) is 1.41. The predicted molar refractivity (Wildman–Crippen MR) is 74.2 cm³/mol. The van der Waals surface area contributed by atoms with Gasteiger partial charge in [-0.15, -0.1) is 0 Å². The van der Waals surface area contributed by atoms with Crippen molar-refractivity contribution in [1.82, 2.24) is 5.32 Å². The van der Waals surface area contributed by atoms with E-state index in [-0.39, 0.29) is 18.9 Å². The van der Waals surface area contributed by atoms with Gasteiger partial charge < -0.3 is 20.9 Å². The Bertz CT molecular complexity index is 436. The molecule has 1 aromatic rings. The molecular weight excluding hydrogens is 260 g/mol. The number of methoxy groups -OCH3 is 1. The molecule has 0 aromatic heterocycles. The molecule has 1 unspecified atom stereocenters. The second-order valence-electron chi connectivity index (χ2n) is 4.50. The van der Waals surface area contributed by atoms with E-state index in [1.165, 1.54) is 7.11 Å². The first-order valence-corrected chi connectivity index (χ1v) is 6.34. The van der Waals surface area contributed by atoms with Crippen molar-refractivity contribution < 1.29 is 19.4 Å². The van der Waals surface area contributed by atoms with Crippen molar-refractivity contribution in [3.8, 4) is 0 Å². The van der Waals surface area contributed by atoms with Gasteiger partial charge in [0.2, 0.25) is 5.91 Å². The number of hydrogen-bond donors (Lipinski definition) is 3. The van der Waals surface area contributed by atoms with Crippen LogP contribution in [0.15, 0.2) is 30.3 Å². The molecule has 1 aromatic carbocycles. The van der Waals surface area contributed by atoms with Crippen LogP contribution in [0.3, 0.4) is 0 Å². The summed E-state index contributed by atoms with van der Waals surface area (Å²) in [6.45, 7) is 0.129. The maximum absolute atomic E-state index is 11.8. The lowest BCUT2D eigenvalue weighted by molar-refractivity contribution is -0.140. The fourth-order valence-corrected chi connectivity index (χ4v) is 1.74. The summed E-state index contributed by atoms with van der Waals surface area (Å²) in [4.78, 5) is 22.4. The molecular formula is C14H20N2O4. The van der Waals surface area contributed by atoms with Crippen molar-refractivity contribution in [3.05, 3.63) is 35.9 Å². The van der Waals surface area contributed by atoms with Crippen molar-refractivity contribution >= 4 is 11.9 Å². The van der Waals surface area contributed by atoms with Gasteiger partial charge in [-0.2, -0.15) is 0 Å². The minimum absolute atomic E-state index is 0.129. The number of carbonyl (C=O) groups excluding carboxylic acids is 1. The van der Waals surface area contributed by atoms with E-state index in [9.17, 15) is 9.59 Å². The lowest BCUT2D eigenvalue weighted by Gasteiger charge is -2.16. The average Bonchev–Trinajstić information content (AvgIpc) is 2.43. The number of nitrogens with two attached hydrogens (primary N) is 1. The molecule has 1 amide bonds. The number of carboxylic acid groups (broad SMARTS) is 1. The number of nitrogens with one attached hydrogen (secondary N) is 1. The highest BCUT2D eigenvalue weighted by Gasteiger charge is 2.17. The summed E-state index contributed by atoms with van der Waals surface area (Å²) in [5.74, 6) is -1.29. The van der Waals surface area contributed by atoms with E-state index in [4.69, 9.17) is 15.6 Å². The Labute approximate surface area is 117 Å². The molecule has 0 saturated carbocycles. The zero-order valence-electron chi connectivity index (χ0n) is 11.4. The van der Waals surface area contributed by atoms with Gasteiger partial charge in [-0.3, -0.25) is 9.59 Å². The van der Waals surface area contributed by atoms with Crippen molar-refractivity contribution in [1.29, 1.82) is 0 Å². The summed E-state index contributed by atoms with van der Waals surface area (Å²) >= 11 is 0. The summed E-state index contributed by atoms with van der Waals surface area (Å²) in [6.07, 6.45) is -0.283. The van der Waals surface area contributed by atoms with Gasteiger partial charge >= 0.3 is 5.97 Å².